The van der Waals surface area contributed by atoms with E-state index in [9.17, 15) is 0 Å². The molecule has 1 aliphatic rings. The number of rotatable bonds is 4. The maximum absolute atomic E-state index is 5.94. The second-order valence-electron chi connectivity index (χ2n) is 3.78. The van der Waals surface area contributed by atoms with E-state index in [1.807, 2.05) is 0 Å². The Balaban J connectivity index is 2.11. The molecule has 0 aromatic rings. The Morgan fingerprint density at radius 1 is 1.42 bits per heavy atom. The Morgan fingerprint density at radius 3 is 2.92 bits per heavy atom. The van der Waals surface area contributed by atoms with Gasteiger partial charge in [0.05, 0.1) is 6.61 Å². The number of unbranched alkanes of at least 4 members (excludes halogenated alkanes) is 2. The first-order valence-electron chi connectivity index (χ1n) is 5.18. The van der Waals surface area contributed by atoms with Gasteiger partial charge in [-0.3, -0.25) is 0 Å². The third-order valence-corrected chi connectivity index (χ3v) is 2.73. The summed E-state index contributed by atoms with van der Waals surface area (Å²) >= 11 is 0. The van der Waals surface area contributed by atoms with Crippen LogP contribution in [0, 0.1) is 5.92 Å². The molecule has 2 unspecified atom stereocenters. The molecular weight excluding hydrogens is 150 g/mol. The van der Waals surface area contributed by atoms with Crippen molar-refractivity contribution in [2.24, 2.45) is 11.7 Å². The molecule has 2 atom stereocenters. The fourth-order valence-electron chi connectivity index (χ4n) is 1.82. The smallest absolute Gasteiger partial charge is 0.0620 e. The van der Waals surface area contributed by atoms with E-state index in [1.54, 1.807) is 0 Å². The molecule has 0 spiro atoms. The zero-order valence-corrected chi connectivity index (χ0v) is 8.09. The summed E-state index contributed by atoms with van der Waals surface area (Å²) in [5.41, 5.74) is 5.94. The van der Waals surface area contributed by atoms with E-state index in [2.05, 4.69) is 6.92 Å². The fraction of sp³-hybridized carbons (Fsp3) is 1.00. The Labute approximate surface area is 75.5 Å². The van der Waals surface area contributed by atoms with Gasteiger partial charge in [-0.25, -0.2) is 0 Å². The number of nitrogens with two attached hydrogens (primary N) is 1. The molecule has 0 aliphatic carbocycles. The van der Waals surface area contributed by atoms with E-state index >= 15 is 0 Å². The molecule has 1 fully saturated rings. The van der Waals surface area contributed by atoms with Crippen LogP contribution in [0.25, 0.3) is 0 Å². The van der Waals surface area contributed by atoms with Crippen molar-refractivity contribution in [3.63, 3.8) is 0 Å². The van der Waals surface area contributed by atoms with Crippen molar-refractivity contribution in [2.45, 2.75) is 45.1 Å². The maximum atomic E-state index is 5.94. The molecule has 0 bridgehead atoms. The molecule has 2 heteroatoms. The van der Waals surface area contributed by atoms with Crippen LogP contribution in [0.4, 0.5) is 0 Å². The van der Waals surface area contributed by atoms with Gasteiger partial charge in [0.25, 0.3) is 0 Å². The first-order valence-corrected chi connectivity index (χ1v) is 5.18. The molecule has 12 heavy (non-hydrogen) atoms. The molecule has 0 saturated carbocycles. The first kappa shape index (κ1) is 10.0. The predicted octanol–water partition coefficient (Wildman–Crippen LogP) is 1.93. The summed E-state index contributed by atoms with van der Waals surface area (Å²) in [5.74, 6) is 0.727. The average Bonchev–Trinajstić information content (AvgIpc) is 2.09. The largest absolute Gasteiger partial charge is 0.380 e. The lowest BCUT2D eigenvalue weighted by atomic mass is 9.90. The average molecular weight is 171 g/mol. The summed E-state index contributed by atoms with van der Waals surface area (Å²) in [4.78, 5) is 0. The summed E-state index contributed by atoms with van der Waals surface area (Å²) in [6.45, 7) is 3.94. The molecule has 72 valence electrons. The molecule has 1 saturated heterocycles. The number of ether oxygens (including phenoxy) is 1. The van der Waals surface area contributed by atoms with E-state index in [1.165, 1.54) is 32.1 Å². The molecule has 2 N–H and O–H groups in total. The van der Waals surface area contributed by atoms with Crippen molar-refractivity contribution in [1.29, 1.82) is 0 Å². The van der Waals surface area contributed by atoms with Crippen LogP contribution in [0.1, 0.15) is 39.0 Å². The molecule has 1 rings (SSSR count). The standard InChI is InChI=1S/C10H21NO/c1-2-3-4-5-9-6-7-12-8-10(9)11/h9-10H,2-8,11H2,1H3. The van der Waals surface area contributed by atoms with E-state index < -0.39 is 0 Å². The van der Waals surface area contributed by atoms with Crippen LogP contribution in [0.2, 0.25) is 0 Å². The first-order chi connectivity index (χ1) is 5.84. The lowest BCUT2D eigenvalue weighted by Crippen LogP contribution is -2.39. The van der Waals surface area contributed by atoms with Crippen LogP contribution in [0.3, 0.4) is 0 Å². The van der Waals surface area contributed by atoms with Gasteiger partial charge in [0.15, 0.2) is 0 Å². The lowest BCUT2D eigenvalue weighted by Gasteiger charge is -2.28. The van der Waals surface area contributed by atoms with Crippen LogP contribution in [0.15, 0.2) is 0 Å². The molecule has 0 radical (unpaired) electrons. The van der Waals surface area contributed by atoms with Gasteiger partial charge in [0.1, 0.15) is 0 Å². The highest BCUT2D eigenvalue weighted by molar-refractivity contribution is 4.75. The van der Waals surface area contributed by atoms with Crippen LogP contribution in [0.5, 0.6) is 0 Å². The second-order valence-corrected chi connectivity index (χ2v) is 3.78. The molecule has 1 heterocycles. The quantitative estimate of drug-likeness (QED) is 0.656. The van der Waals surface area contributed by atoms with Crippen LogP contribution in [-0.4, -0.2) is 19.3 Å². The summed E-state index contributed by atoms with van der Waals surface area (Å²) < 4.78 is 5.29. The van der Waals surface area contributed by atoms with Crippen molar-refractivity contribution < 1.29 is 4.74 Å². The van der Waals surface area contributed by atoms with Crippen LogP contribution < -0.4 is 5.73 Å². The molecule has 2 nitrogen and oxygen atoms in total. The second kappa shape index (κ2) is 5.55. The monoisotopic (exact) mass is 171 g/mol. The van der Waals surface area contributed by atoms with Crippen LogP contribution >= 0.6 is 0 Å². The van der Waals surface area contributed by atoms with Gasteiger partial charge in [-0.1, -0.05) is 26.2 Å². The molecule has 0 aromatic carbocycles. The third-order valence-electron chi connectivity index (χ3n) is 2.73. The fourth-order valence-corrected chi connectivity index (χ4v) is 1.82. The Kier molecular flexibility index (Phi) is 4.62. The highest BCUT2D eigenvalue weighted by atomic mass is 16.5. The SMILES string of the molecule is CCCCCC1CCOCC1N. The van der Waals surface area contributed by atoms with Crippen molar-refractivity contribution in [1.82, 2.24) is 0 Å². The Hall–Kier alpha value is -0.0800. The highest BCUT2D eigenvalue weighted by Gasteiger charge is 2.21. The number of hydrogen-bond acceptors (Lipinski definition) is 2. The van der Waals surface area contributed by atoms with Gasteiger partial charge in [0, 0.05) is 12.6 Å². The van der Waals surface area contributed by atoms with E-state index in [-0.39, 0.29) is 0 Å². The minimum atomic E-state index is 0.301. The van der Waals surface area contributed by atoms with E-state index in [0.717, 1.165) is 19.1 Å². The number of hydrogen-bond donors (Lipinski definition) is 1. The molecular formula is C10H21NO. The van der Waals surface area contributed by atoms with Gasteiger partial charge in [0.2, 0.25) is 0 Å². The predicted molar refractivity (Wildman–Crippen MR) is 51.0 cm³/mol. The van der Waals surface area contributed by atoms with Crippen molar-refractivity contribution in [2.75, 3.05) is 13.2 Å². The minimum Gasteiger partial charge on any atom is -0.380 e. The van der Waals surface area contributed by atoms with E-state index in [4.69, 9.17) is 10.5 Å². The maximum Gasteiger partial charge on any atom is 0.0620 e. The highest BCUT2D eigenvalue weighted by Crippen LogP contribution is 2.20. The normalized spacial score (nSPS) is 30.5. The topological polar surface area (TPSA) is 35.2 Å². The van der Waals surface area contributed by atoms with Gasteiger partial charge in [-0.2, -0.15) is 0 Å². The van der Waals surface area contributed by atoms with Gasteiger partial charge < -0.3 is 10.5 Å². The zero-order chi connectivity index (χ0) is 8.81. The van der Waals surface area contributed by atoms with Crippen molar-refractivity contribution in [3.8, 4) is 0 Å². The minimum absolute atomic E-state index is 0.301. The molecule has 0 amide bonds. The third kappa shape index (κ3) is 3.11. The van der Waals surface area contributed by atoms with Gasteiger partial charge >= 0.3 is 0 Å². The van der Waals surface area contributed by atoms with Crippen LogP contribution in [-0.2, 0) is 4.74 Å². The summed E-state index contributed by atoms with van der Waals surface area (Å²) in [6, 6.07) is 0.301. The molecule has 1 aliphatic heterocycles. The lowest BCUT2D eigenvalue weighted by molar-refractivity contribution is 0.0457. The summed E-state index contributed by atoms with van der Waals surface area (Å²) in [7, 11) is 0. The summed E-state index contributed by atoms with van der Waals surface area (Å²) in [5, 5.41) is 0. The summed E-state index contributed by atoms with van der Waals surface area (Å²) in [6.07, 6.45) is 6.47. The van der Waals surface area contributed by atoms with Crippen molar-refractivity contribution >= 4 is 0 Å². The molecule has 0 aromatic heterocycles. The Morgan fingerprint density at radius 2 is 2.25 bits per heavy atom. The van der Waals surface area contributed by atoms with Gasteiger partial charge in [-0.15, -0.1) is 0 Å². The van der Waals surface area contributed by atoms with Gasteiger partial charge in [-0.05, 0) is 18.8 Å². The Bertz CT molecular complexity index is 116. The van der Waals surface area contributed by atoms with E-state index in [0.29, 0.717) is 6.04 Å². The zero-order valence-electron chi connectivity index (χ0n) is 8.09. The van der Waals surface area contributed by atoms with Crippen molar-refractivity contribution in [3.05, 3.63) is 0 Å².